The number of hydrogen-bond donors (Lipinski definition) is 1. The number of nitrogens with one attached hydrogen (secondary N) is 1. The van der Waals surface area contributed by atoms with Gasteiger partial charge >= 0.3 is 0 Å². The normalized spacial score (nSPS) is 28.4. The Balaban J connectivity index is 1.88. The molecule has 102 valence electrons. The van der Waals surface area contributed by atoms with Gasteiger partial charge in [-0.15, -0.1) is 11.3 Å². The Bertz CT molecular complexity index is 323. The topological polar surface area (TPSA) is 24.9 Å². The van der Waals surface area contributed by atoms with E-state index in [2.05, 4.69) is 30.3 Å². The number of aromatic nitrogens is 1. The first kappa shape index (κ1) is 14.0. The molecule has 0 bridgehead atoms. The van der Waals surface area contributed by atoms with Gasteiger partial charge in [0.05, 0.1) is 5.51 Å². The molecule has 0 aromatic carbocycles. The standard InChI is InChI=1S/C15H26N2S/c1-3-6-16-9-13-5-4-12(2)7-14(13)8-15-10-17-11-18-15/h10-14,16H,3-9H2,1-2H3. The summed E-state index contributed by atoms with van der Waals surface area (Å²) in [6, 6.07) is 0. The molecule has 3 unspecified atom stereocenters. The van der Waals surface area contributed by atoms with Gasteiger partial charge in [-0.3, -0.25) is 4.98 Å². The fourth-order valence-corrected chi connectivity index (χ4v) is 3.83. The highest BCUT2D eigenvalue weighted by atomic mass is 32.1. The van der Waals surface area contributed by atoms with Gasteiger partial charge in [-0.1, -0.05) is 20.3 Å². The van der Waals surface area contributed by atoms with Gasteiger partial charge in [0.25, 0.3) is 0 Å². The van der Waals surface area contributed by atoms with Crippen LogP contribution in [-0.2, 0) is 6.42 Å². The molecule has 1 heterocycles. The molecular weight excluding hydrogens is 240 g/mol. The van der Waals surface area contributed by atoms with E-state index in [9.17, 15) is 0 Å². The molecule has 2 rings (SSSR count). The zero-order valence-corrected chi connectivity index (χ0v) is 12.5. The van der Waals surface area contributed by atoms with Gasteiger partial charge in [0, 0.05) is 11.1 Å². The van der Waals surface area contributed by atoms with Crippen LogP contribution in [0.25, 0.3) is 0 Å². The Labute approximate surface area is 115 Å². The number of hydrogen-bond acceptors (Lipinski definition) is 3. The lowest BCUT2D eigenvalue weighted by Crippen LogP contribution is -2.34. The summed E-state index contributed by atoms with van der Waals surface area (Å²) in [6.45, 7) is 7.03. The summed E-state index contributed by atoms with van der Waals surface area (Å²) in [6.07, 6.45) is 8.76. The molecule has 18 heavy (non-hydrogen) atoms. The van der Waals surface area contributed by atoms with Gasteiger partial charge in [0.2, 0.25) is 0 Å². The van der Waals surface area contributed by atoms with Crippen molar-refractivity contribution in [1.29, 1.82) is 0 Å². The van der Waals surface area contributed by atoms with Gasteiger partial charge in [-0.05, 0) is 56.5 Å². The van der Waals surface area contributed by atoms with Crippen molar-refractivity contribution in [2.75, 3.05) is 13.1 Å². The number of rotatable bonds is 6. The maximum atomic E-state index is 4.21. The monoisotopic (exact) mass is 266 g/mol. The first-order chi connectivity index (χ1) is 8.79. The third kappa shape index (κ3) is 4.06. The Kier molecular flexibility index (Phi) is 5.64. The van der Waals surface area contributed by atoms with Crippen molar-refractivity contribution in [3.8, 4) is 0 Å². The lowest BCUT2D eigenvalue weighted by molar-refractivity contribution is 0.184. The van der Waals surface area contributed by atoms with Crippen molar-refractivity contribution in [2.45, 2.75) is 46.0 Å². The summed E-state index contributed by atoms with van der Waals surface area (Å²) in [5.41, 5.74) is 1.96. The molecule has 0 spiro atoms. The highest BCUT2D eigenvalue weighted by Gasteiger charge is 2.28. The second kappa shape index (κ2) is 7.25. The molecule has 0 radical (unpaired) electrons. The molecule has 3 heteroatoms. The van der Waals surface area contributed by atoms with Crippen molar-refractivity contribution in [3.05, 3.63) is 16.6 Å². The molecule has 0 saturated heterocycles. The second-order valence-electron chi connectivity index (χ2n) is 5.81. The molecule has 1 fully saturated rings. The van der Waals surface area contributed by atoms with E-state index in [0.29, 0.717) is 0 Å². The van der Waals surface area contributed by atoms with Gasteiger partial charge < -0.3 is 5.32 Å². The first-order valence-corrected chi connectivity index (χ1v) is 8.25. The van der Waals surface area contributed by atoms with Crippen LogP contribution in [0.2, 0.25) is 0 Å². The molecule has 3 atom stereocenters. The highest BCUT2D eigenvalue weighted by Crippen LogP contribution is 2.36. The summed E-state index contributed by atoms with van der Waals surface area (Å²) in [5, 5.41) is 3.62. The molecule has 2 nitrogen and oxygen atoms in total. The van der Waals surface area contributed by atoms with E-state index in [0.717, 1.165) is 17.8 Å². The van der Waals surface area contributed by atoms with E-state index in [1.54, 1.807) is 0 Å². The van der Waals surface area contributed by atoms with Crippen molar-refractivity contribution < 1.29 is 0 Å². The first-order valence-electron chi connectivity index (χ1n) is 7.37. The molecule has 1 aromatic heterocycles. The highest BCUT2D eigenvalue weighted by molar-refractivity contribution is 7.09. The van der Waals surface area contributed by atoms with Crippen LogP contribution in [0.1, 0.15) is 44.4 Å². The van der Waals surface area contributed by atoms with Crippen LogP contribution in [0.5, 0.6) is 0 Å². The lowest BCUT2D eigenvalue weighted by atomic mass is 9.73. The van der Waals surface area contributed by atoms with Crippen molar-refractivity contribution in [3.63, 3.8) is 0 Å². The molecule has 1 aliphatic rings. The van der Waals surface area contributed by atoms with E-state index < -0.39 is 0 Å². The molecule has 1 saturated carbocycles. The maximum absolute atomic E-state index is 4.21. The van der Waals surface area contributed by atoms with Crippen LogP contribution < -0.4 is 5.32 Å². The summed E-state index contributed by atoms with van der Waals surface area (Å²) in [7, 11) is 0. The molecule has 1 aromatic rings. The quantitative estimate of drug-likeness (QED) is 0.793. The average Bonchev–Trinajstić information content (AvgIpc) is 2.85. The summed E-state index contributed by atoms with van der Waals surface area (Å²) in [5.74, 6) is 2.64. The van der Waals surface area contributed by atoms with E-state index in [4.69, 9.17) is 0 Å². The SMILES string of the molecule is CCCNCC1CCC(C)CC1Cc1cncs1. The minimum absolute atomic E-state index is 0.860. The Morgan fingerprint density at radius 3 is 3.00 bits per heavy atom. The van der Waals surface area contributed by atoms with Crippen LogP contribution >= 0.6 is 11.3 Å². The van der Waals surface area contributed by atoms with E-state index in [-0.39, 0.29) is 0 Å². The zero-order valence-electron chi connectivity index (χ0n) is 11.7. The third-order valence-electron chi connectivity index (χ3n) is 4.18. The Morgan fingerprint density at radius 1 is 1.39 bits per heavy atom. The van der Waals surface area contributed by atoms with E-state index >= 15 is 0 Å². The molecule has 1 N–H and O–H groups in total. The average molecular weight is 266 g/mol. The minimum atomic E-state index is 0.860. The van der Waals surface area contributed by atoms with Crippen LogP contribution in [0.15, 0.2) is 11.7 Å². The lowest BCUT2D eigenvalue weighted by Gasteiger charge is -2.35. The largest absolute Gasteiger partial charge is 0.316 e. The minimum Gasteiger partial charge on any atom is -0.316 e. The predicted octanol–water partition coefficient (Wildman–Crippen LogP) is 3.74. The molecule has 0 aliphatic heterocycles. The fraction of sp³-hybridized carbons (Fsp3) is 0.800. The van der Waals surface area contributed by atoms with Gasteiger partial charge in [0.15, 0.2) is 0 Å². The van der Waals surface area contributed by atoms with Crippen LogP contribution in [0.4, 0.5) is 0 Å². The fourth-order valence-electron chi connectivity index (χ4n) is 3.15. The van der Waals surface area contributed by atoms with Gasteiger partial charge in [-0.2, -0.15) is 0 Å². The van der Waals surface area contributed by atoms with Gasteiger partial charge in [0.1, 0.15) is 0 Å². The van der Waals surface area contributed by atoms with Crippen LogP contribution in [0.3, 0.4) is 0 Å². The predicted molar refractivity (Wildman–Crippen MR) is 79.0 cm³/mol. The summed E-state index contributed by atoms with van der Waals surface area (Å²) in [4.78, 5) is 5.68. The number of nitrogens with zero attached hydrogens (tertiary/aromatic N) is 1. The smallest absolute Gasteiger partial charge is 0.0794 e. The Morgan fingerprint density at radius 2 is 2.28 bits per heavy atom. The van der Waals surface area contributed by atoms with Crippen molar-refractivity contribution in [2.24, 2.45) is 17.8 Å². The van der Waals surface area contributed by atoms with E-state index in [1.165, 1.54) is 50.1 Å². The molecular formula is C15H26N2S. The maximum Gasteiger partial charge on any atom is 0.0794 e. The van der Waals surface area contributed by atoms with Crippen molar-refractivity contribution in [1.82, 2.24) is 10.3 Å². The molecule has 1 aliphatic carbocycles. The zero-order chi connectivity index (χ0) is 12.8. The summed E-state index contributed by atoms with van der Waals surface area (Å²) < 4.78 is 0. The molecule has 0 amide bonds. The Hall–Kier alpha value is -0.410. The summed E-state index contributed by atoms with van der Waals surface area (Å²) >= 11 is 1.82. The third-order valence-corrected chi connectivity index (χ3v) is 4.98. The van der Waals surface area contributed by atoms with Crippen LogP contribution in [-0.4, -0.2) is 18.1 Å². The second-order valence-corrected chi connectivity index (χ2v) is 6.79. The van der Waals surface area contributed by atoms with Crippen LogP contribution in [0, 0.1) is 17.8 Å². The van der Waals surface area contributed by atoms with E-state index in [1.807, 2.05) is 16.8 Å². The number of thiazole rings is 1. The van der Waals surface area contributed by atoms with Gasteiger partial charge in [-0.25, -0.2) is 0 Å². The van der Waals surface area contributed by atoms with Crippen molar-refractivity contribution >= 4 is 11.3 Å².